The van der Waals surface area contributed by atoms with E-state index >= 15 is 0 Å². The van der Waals surface area contributed by atoms with Crippen LogP contribution in [-0.4, -0.2) is 70.5 Å². The van der Waals surface area contributed by atoms with Crippen molar-refractivity contribution < 1.29 is 42.5 Å². The third-order valence-corrected chi connectivity index (χ3v) is 10.1. The summed E-state index contributed by atoms with van der Waals surface area (Å²) in [6.07, 6.45) is -0.647. The second kappa shape index (κ2) is 15.9. The summed E-state index contributed by atoms with van der Waals surface area (Å²) in [6, 6.07) is 15.1. The van der Waals surface area contributed by atoms with Crippen molar-refractivity contribution in [3.05, 3.63) is 98.7 Å². The van der Waals surface area contributed by atoms with Gasteiger partial charge in [0.2, 0.25) is 5.28 Å². The van der Waals surface area contributed by atoms with E-state index in [1.165, 1.54) is 56.1 Å². The first-order chi connectivity index (χ1) is 24.0. The third-order valence-electron chi connectivity index (χ3n) is 7.91. The smallest absolute Gasteiger partial charge is 0.424 e. The summed E-state index contributed by atoms with van der Waals surface area (Å²) >= 11 is 6.43. The zero-order chi connectivity index (χ0) is 37.7. The van der Waals surface area contributed by atoms with Crippen LogP contribution in [0.5, 0.6) is 0 Å². The molecule has 0 fully saturated rings. The van der Waals surface area contributed by atoms with Crippen molar-refractivity contribution in [2.24, 2.45) is 5.28 Å². The number of para-hydroxylation sites is 1. The van der Waals surface area contributed by atoms with Crippen LogP contribution in [-0.2, 0) is 39.2 Å². The Morgan fingerprint density at radius 3 is 2.43 bits per heavy atom. The van der Waals surface area contributed by atoms with Gasteiger partial charge in [0.25, 0.3) is 15.9 Å². The lowest BCUT2D eigenvalue weighted by molar-refractivity contribution is -0.710. The number of ether oxygens (including phenoxy) is 1. The Bertz CT molecular complexity index is 1930. The van der Waals surface area contributed by atoms with Crippen molar-refractivity contribution in [3.8, 4) is 0 Å². The first-order valence-corrected chi connectivity index (χ1v) is 17.9. The fourth-order valence-corrected chi connectivity index (χ4v) is 7.17. The number of carboxylic acids is 1. The number of carbonyl (C=O) groups excluding carboxylic acids is 2. The van der Waals surface area contributed by atoms with Crippen molar-refractivity contribution in [2.45, 2.75) is 77.7 Å². The van der Waals surface area contributed by atoms with E-state index < -0.39 is 51.6 Å². The van der Waals surface area contributed by atoms with Crippen LogP contribution in [0, 0.1) is 5.21 Å². The van der Waals surface area contributed by atoms with Gasteiger partial charge in [0, 0.05) is 5.56 Å². The normalized spacial score (nSPS) is 14.5. The number of anilines is 1. The summed E-state index contributed by atoms with van der Waals surface area (Å²) in [5.41, 5.74) is 3.06. The molecule has 0 spiro atoms. The Labute approximate surface area is 301 Å². The maximum atomic E-state index is 14.4. The Kier molecular flexibility index (Phi) is 12.0. The number of halogens is 1. The highest BCUT2D eigenvalue weighted by molar-refractivity contribution is 7.89. The van der Waals surface area contributed by atoms with E-state index in [4.69, 9.17) is 21.2 Å². The van der Waals surface area contributed by atoms with Gasteiger partial charge in [0.05, 0.1) is 46.9 Å². The highest BCUT2D eigenvalue weighted by Gasteiger charge is 2.37. The van der Waals surface area contributed by atoms with E-state index in [0.29, 0.717) is 23.8 Å². The molecule has 1 aliphatic heterocycles. The molecule has 2 amide bonds. The number of nitrogens with one attached hydrogen (secondary N) is 1. The number of hydrogen-bond acceptors (Lipinski definition) is 10. The maximum Gasteiger partial charge on any atom is 0.424 e. The molecule has 0 saturated carbocycles. The summed E-state index contributed by atoms with van der Waals surface area (Å²) in [5.74, 6) is -2.06. The molecule has 0 aliphatic carbocycles. The lowest BCUT2D eigenvalue weighted by Crippen LogP contribution is -2.45. The second-order valence-electron chi connectivity index (χ2n) is 12.6. The summed E-state index contributed by atoms with van der Waals surface area (Å²) < 4.78 is 34.6. The molecule has 17 heteroatoms. The number of carbonyl (C=O) groups is 3. The monoisotopic (exact) mass is 744 g/mol. The fourth-order valence-electron chi connectivity index (χ4n) is 5.40. The molecule has 274 valence electrons. The molecule has 1 atom stereocenters. The van der Waals surface area contributed by atoms with Crippen molar-refractivity contribution >= 4 is 45.3 Å². The number of benzene rings is 3. The van der Waals surface area contributed by atoms with Gasteiger partial charge < -0.3 is 19.9 Å². The number of rotatable bonds is 13. The lowest BCUT2D eigenvalue weighted by Gasteiger charge is -2.28. The summed E-state index contributed by atoms with van der Waals surface area (Å²) in [6.45, 7) is 9.39. The fraction of sp³-hybridized carbons (Fsp3) is 0.382. The summed E-state index contributed by atoms with van der Waals surface area (Å²) in [4.78, 5) is 44.4. The number of amides is 2. The largest absolute Gasteiger partial charge is 0.569 e. The van der Waals surface area contributed by atoms with E-state index in [1.807, 2.05) is 31.2 Å². The van der Waals surface area contributed by atoms with Gasteiger partial charge in [-0.05, 0) is 95.0 Å². The molecule has 2 N–H and O–H groups in total. The molecule has 1 aliphatic rings. The highest BCUT2D eigenvalue weighted by Crippen LogP contribution is 2.32. The van der Waals surface area contributed by atoms with Crippen LogP contribution < -0.4 is 10.4 Å². The first kappa shape index (κ1) is 38.7. The van der Waals surface area contributed by atoms with E-state index in [0.717, 1.165) is 17.3 Å². The molecule has 3 aromatic rings. The molecule has 0 aromatic heterocycles. The predicted octanol–water partition coefficient (Wildman–Crippen LogP) is 5.91. The Morgan fingerprint density at radius 1 is 1.10 bits per heavy atom. The minimum atomic E-state index is -4.94. The number of sulfonamides is 1. The third kappa shape index (κ3) is 8.99. The SMILES string of the molecule is CCN(CC)[N+]([O-])=NOCc1cccc(C(=O)O)c1CN(C(=O)OC(C)(C)C)S(=O)(=O)c1cc(C(=O)NN2c3ccccc3CC2C)ccc1Cl. The first-order valence-electron chi connectivity index (χ1n) is 16.1. The molecule has 0 saturated heterocycles. The Hall–Kier alpha value is -5.09. The molecule has 15 nitrogen and oxygen atoms in total. The molecule has 3 aromatic carbocycles. The van der Waals surface area contributed by atoms with Crippen LogP contribution in [0.2, 0.25) is 5.02 Å². The minimum absolute atomic E-state index is 0.0734. The molecule has 1 unspecified atom stereocenters. The summed E-state index contributed by atoms with van der Waals surface area (Å²) in [7, 11) is -4.94. The quantitative estimate of drug-likeness (QED) is 0.120. The van der Waals surface area contributed by atoms with Gasteiger partial charge in [0.1, 0.15) is 17.1 Å². The van der Waals surface area contributed by atoms with Crippen LogP contribution in [0.1, 0.15) is 78.9 Å². The number of aromatic carboxylic acids is 1. The standard InChI is InChI=1S/C34H41ClN6O9S/c1-7-38(8-2)41(46)37-49-21-25-13-11-14-26(32(43)44)27(25)20-39(33(45)50-34(4,5)6)51(47,48)30-19-24(16-17-28(30)35)31(42)36-40-22(3)18-23-12-9-10-15-29(23)40/h9-17,19,22H,7-8,18,20-21H2,1-6H3,(H,36,42)(H,43,44). The van der Waals surface area contributed by atoms with Crippen molar-refractivity contribution in [1.29, 1.82) is 0 Å². The second-order valence-corrected chi connectivity index (χ2v) is 14.9. The zero-order valence-electron chi connectivity index (χ0n) is 29.1. The van der Waals surface area contributed by atoms with E-state index in [1.54, 1.807) is 18.9 Å². The van der Waals surface area contributed by atoms with E-state index in [2.05, 4.69) is 10.7 Å². The van der Waals surface area contributed by atoms with Crippen LogP contribution in [0.4, 0.5) is 10.5 Å². The van der Waals surface area contributed by atoms with Gasteiger partial charge >= 0.3 is 12.1 Å². The molecule has 51 heavy (non-hydrogen) atoms. The number of hydrazine groups is 2. The highest BCUT2D eigenvalue weighted by atomic mass is 35.5. The number of hydrogen-bond donors (Lipinski definition) is 2. The molecule has 0 radical (unpaired) electrons. The van der Waals surface area contributed by atoms with Crippen LogP contribution >= 0.6 is 11.6 Å². The average Bonchev–Trinajstić information content (AvgIpc) is 3.37. The molecule has 4 rings (SSSR count). The Morgan fingerprint density at radius 2 is 1.78 bits per heavy atom. The lowest BCUT2D eigenvalue weighted by atomic mass is 10.0. The van der Waals surface area contributed by atoms with E-state index in [-0.39, 0.29) is 38.3 Å². The minimum Gasteiger partial charge on any atom is -0.569 e. The van der Waals surface area contributed by atoms with Gasteiger partial charge in [-0.15, -0.1) is 5.01 Å². The number of nitrogens with zero attached hydrogens (tertiary/aromatic N) is 5. The molecule has 1 heterocycles. The van der Waals surface area contributed by atoms with Gasteiger partial charge in [-0.3, -0.25) is 15.2 Å². The van der Waals surface area contributed by atoms with Crippen LogP contribution in [0.25, 0.3) is 0 Å². The van der Waals surface area contributed by atoms with Gasteiger partial charge in [-0.25, -0.2) is 18.0 Å². The number of fused-ring (bicyclic) bond motifs is 1. The maximum absolute atomic E-state index is 14.4. The topological polar surface area (TPSA) is 184 Å². The predicted molar refractivity (Wildman–Crippen MR) is 187 cm³/mol. The Balaban J connectivity index is 1.74. The van der Waals surface area contributed by atoms with E-state index in [9.17, 15) is 33.1 Å². The van der Waals surface area contributed by atoms with Crippen LogP contribution in [0.15, 0.2) is 70.8 Å². The molecular formula is C34H41ClN6O9S. The van der Waals surface area contributed by atoms with Gasteiger partial charge in [0.15, 0.2) is 0 Å². The molecule has 0 bridgehead atoms. The van der Waals surface area contributed by atoms with Crippen molar-refractivity contribution in [3.63, 3.8) is 0 Å². The zero-order valence-corrected chi connectivity index (χ0v) is 30.7. The van der Waals surface area contributed by atoms with Crippen molar-refractivity contribution in [2.75, 3.05) is 18.1 Å². The average molecular weight is 745 g/mol. The van der Waals surface area contributed by atoms with Crippen molar-refractivity contribution in [1.82, 2.24) is 14.7 Å². The van der Waals surface area contributed by atoms with Gasteiger partial charge in [-0.1, -0.05) is 41.9 Å². The van der Waals surface area contributed by atoms with Gasteiger partial charge in [-0.2, -0.15) is 4.31 Å². The molecular weight excluding hydrogens is 704 g/mol. The summed E-state index contributed by atoms with van der Waals surface area (Å²) in [5, 5.41) is 28.5. The van der Waals surface area contributed by atoms with Crippen LogP contribution in [0.3, 0.4) is 0 Å². The number of carboxylic acid groups (broad SMARTS) is 1.